The zero-order chi connectivity index (χ0) is 19.2. The number of carbonyl (C=O) groups excluding carboxylic acids is 3. The second kappa shape index (κ2) is 8.60. The number of ether oxygens (including phenoxy) is 1. The molecule has 0 bridgehead atoms. The molecular formula is C21H22N2O4. The molecule has 1 heterocycles. The lowest BCUT2D eigenvalue weighted by atomic mass is 10.1. The van der Waals surface area contributed by atoms with Gasteiger partial charge in [0.15, 0.2) is 5.78 Å². The molecule has 1 aliphatic rings. The lowest BCUT2D eigenvalue weighted by Crippen LogP contribution is -2.49. The van der Waals surface area contributed by atoms with Crippen LogP contribution in [0.5, 0.6) is 0 Å². The molecule has 2 aromatic carbocycles. The van der Waals surface area contributed by atoms with Crippen molar-refractivity contribution in [2.45, 2.75) is 25.9 Å². The normalized spacial score (nSPS) is 17.2. The summed E-state index contributed by atoms with van der Waals surface area (Å²) in [6.45, 7) is 2.99. The molecule has 0 aliphatic carbocycles. The van der Waals surface area contributed by atoms with E-state index in [0.717, 1.165) is 5.56 Å². The minimum absolute atomic E-state index is 0.0140. The molecule has 1 atom stereocenters. The molecule has 6 nitrogen and oxygen atoms in total. The predicted molar refractivity (Wildman–Crippen MR) is 101 cm³/mol. The Balaban J connectivity index is 1.64. The van der Waals surface area contributed by atoms with Gasteiger partial charge in [0.25, 0.3) is 0 Å². The van der Waals surface area contributed by atoms with Gasteiger partial charge in [0.1, 0.15) is 12.6 Å². The van der Waals surface area contributed by atoms with E-state index in [1.165, 1.54) is 6.92 Å². The Kier molecular flexibility index (Phi) is 5.98. The van der Waals surface area contributed by atoms with E-state index >= 15 is 0 Å². The minimum Gasteiger partial charge on any atom is -0.463 e. The molecule has 3 rings (SSSR count). The molecule has 6 heteroatoms. The SMILES string of the molecule is CC(=O)c1ccc(NC(=O)C[C@@H]2C(=O)OCCN2Cc2ccccc2)cc1. The van der Waals surface area contributed by atoms with Crippen molar-refractivity contribution in [3.8, 4) is 0 Å². The number of nitrogens with zero attached hydrogens (tertiary/aromatic N) is 1. The molecule has 1 aliphatic heterocycles. The molecule has 1 saturated heterocycles. The van der Waals surface area contributed by atoms with Gasteiger partial charge in [0, 0.05) is 24.3 Å². The van der Waals surface area contributed by atoms with Crippen molar-refractivity contribution < 1.29 is 19.1 Å². The van der Waals surface area contributed by atoms with Crippen molar-refractivity contribution in [3.63, 3.8) is 0 Å². The number of cyclic esters (lactones) is 1. The first kappa shape index (κ1) is 18.8. The topological polar surface area (TPSA) is 75.7 Å². The Bertz CT molecular complexity index is 818. The molecule has 1 amide bonds. The lowest BCUT2D eigenvalue weighted by Gasteiger charge is -2.33. The third-order valence-corrected chi connectivity index (χ3v) is 4.52. The maximum Gasteiger partial charge on any atom is 0.323 e. The molecule has 0 aromatic heterocycles. The van der Waals surface area contributed by atoms with E-state index in [2.05, 4.69) is 5.32 Å². The zero-order valence-corrected chi connectivity index (χ0v) is 15.2. The van der Waals surface area contributed by atoms with E-state index in [9.17, 15) is 14.4 Å². The number of amides is 1. The monoisotopic (exact) mass is 366 g/mol. The molecule has 1 N–H and O–H groups in total. The Hall–Kier alpha value is -2.99. The largest absolute Gasteiger partial charge is 0.463 e. The van der Waals surface area contributed by atoms with Crippen molar-refractivity contribution in [3.05, 3.63) is 65.7 Å². The van der Waals surface area contributed by atoms with Crippen molar-refractivity contribution >= 4 is 23.3 Å². The smallest absolute Gasteiger partial charge is 0.323 e. The van der Waals surface area contributed by atoms with E-state index in [1.54, 1.807) is 24.3 Å². The summed E-state index contributed by atoms with van der Waals surface area (Å²) in [7, 11) is 0. The average Bonchev–Trinajstić information content (AvgIpc) is 2.66. The van der Waals surface area contributed by atoms with Crippen molar-refractivity contribution in [1.82, 2.24) is 4.90 Å². The highest BCUT2D eigenvalue weighted by Crippen LogP contribution is 2.17. The average molecular weight is 366 g/mol. The summed E-state index contributed by atoms with van der Waals surface area (Å²) in [6.07, 6.45) is 0.0140. The van der Waals surface area contributed by atoms with Crippen molar-refractivity contribution in [2.75, 3.05) is 18.5 Å². The molecule has 0 spiro atoms. The van der Waals surface area contributed by atoms with Crippen LogP contribution in [-0.2, 0) is 20.9 Å². The summed E-state index contributed by atoms with van der Waals surface area (Å²) >= 11 is 0. The molecule has 27 heavy (non-hydrogen) atoms. The minimum atomic E-state index is -0.615. The second-order valence-electron chi connectivity index (χ2n) is 6.53. The lowest BCUT2D eigenvalue weighted by molar-refractivity contribution is -0.159. The highest BCUT2D eigenvalue weighted by atomic mass is 16.5. The molecule has 140 valence electrons. The van der Waals surface area contributed by atoms with Gasteiger partial charge in [-0.05, 0) is 36.8 Å². The fourth-order valence-electron chi connectivity index (χ4n) is 3.06. The molecular weight excluding hydrogens is 344 g/mol. The number of carbonyl (C=O) groups is 3. The first-order chi connectivity index (χ1) is 13.0. The van der Waals surface area contributed by atoms with Crippen LogP contribution in [0.2, 0.25) is 0 Å². The standard InChI is InChI=1S/C21H22N2O4/c1-15(24)17-7-9-18(10-8-17)22-20(25)13-19-21(26)27-12-11-23(19)14-16-5-3-2-4-6-16/h2-10,19H,11-14H2,1H3,(H,22,25)/t19-/m1/s1. The van der Waals surface area contributed by atoms with Crippen LogP contribution < -0.4 is 5.32 Å². The Morgan fingerprint density at radius 2 is 1.81 bits per heavy atom. The summed E-state index contributed by atoms with van der Waals surface area (Å²) in [5.74, 6) is -0.680. The van der Waals surface area contributed by atoms with Crippen LogP contribution in [0.4, 0.5) is 5.69 Å². The molecule has 1 fully saturated rings. The van der Waals surface area contributed by atoms with Crippen LogP contribution in [0.15, 0.2) is 54.6 Å². The number of ketones is 1. The summed E-state index contributed by atoms with van der Waals surface area (Å²) in [6, 6.07) is 15.9. The number of hydrogen-bond donors (Lipinski definition) is 1. The zero-order valence-electron chi connectivity index (χ0n) is 15.2. The number of esters is 1. The number of hydrogen-bond acceptors (Lipinski definition) is 5. The number of benzene rings is 2. The van der Waals surface area contributed by atoms with Crippen LogP contribution in [0.25, 0.3) is 0 Å². The van der Waals surface area contributed by atoms with Crippen molar-refractivity contribution in [2.24, 2.45) is 0 Å². The van der Waals surface area contributed by atoms with Crippen LogP contribution >= 0.6 is 0 Å². The highest BCUT2D eigenvalue weighted by Gasteiger charge is 2.33. The summed E-state index contributed by atoms with van der Waals surface area (Å²) in [5.41, 5.74) is 2.25. The third-order valence-electron chi connectivity index (χ3n) is 4.52. The fourth-order valence-corrected chi connectivity index (χ4v) is 3.06. The summed E-state index contributed by atoms with van der Waals surface area (Å²) in [4.78, 5) is 37.9. The van der Waals surface area contributed by atoms with Gasteiger partial charge in [-0.1, -0.05) is 30.3 Å². The first-order valence-electron chi connectivity index (χ1n) is 8.88. The quantitative estimate of drug-likeness (QED) is 0.628. The molecule has 0 radical (unpaired) electrons. The number of anilines is 1. The van der Waals surface area contributed by atoms with Gasteiger partial charge < -0.3 is 10.1 Å². The van der Waals surface area contributed by atoms with Crippen LogP contribution in [0.1, 0.15) is 29.3 Å². The van der Waals surface area contributed by atoms with E-state index in [-0.39, 0.29) is 24.1 Å². The van der Waals surface area contributed by atoms with E-state index in [1.807, 2.05) is 35.2 Å². The van der Waals surface area contributed by atoms with Crippen LogP contribution in [0.3, 0.4) is 0 Å². The third kappa shape index (κ3) is 5.01. The predicted octanol–water partition coefficient (Wildman–Crippen LogP) is 2.65. The van der Waals surface area contributed by atoms with E-state index in [0.29, 0.717) is 30.9 Å². The van der Waals surface area contributed by atoms with Gasteiger partial charge in [-0.3, -0.25) is 19.3 Å². The van der Waals surface area contributed by atoms with Gasteiger partial charge in [0.2, 0.25) is 5.91 Å². The van der Waals surface area contributed by atoms with Gasteiger partial charge in [-0.2, -0.15) is 0 Å². The number of Topliss-reactive ketones (excluding diaryl/α,β-unsaturated/α-hetero) is 1. The number of morpholine rings is 1. The highest BCUT2D eigenvalue weighted by molar-refractivity contribution is 5.96. The Labute approximate surface area is 158 Å². The Morgan fingerprint density at radius 3 is 2.48 bits per heavy atom. The second-order valence-corrected chi connectivity index (χ2v) is 6.53. The molecule has 0 unspecified atom stereocenters. The maximum absolute atomic E-state index is 12.4. The Morgan fingerprint density at radius 1 is 1.11 bits per heavy atom. The molecule has 2 aromatic rings. The van der Waals surface area contributed by atoms with E-state index in [4.69, 9.17) is 4.74 Å². The van der Waals surface area contributed by atoms with Gasteiger partial charge in [-0.25, -0.2) is 0 Å². The van der Waals surface area contributed by atoms with Gasteiger partial charge >= 0.3 is 5.97 Å². The maximum atomic E-state index is 12.4. The first-order valence-corrected chi connectivity index (χ1v) is 8.88. The van der Waals surface area contributed by atoms with Crippen LogP contribution in [-0.4, -0.2) is 41.8 Å². The fraction of sp³-hybridized carbons (Fsp3) is 0.286. The van der Waals surface area contributed by atoms with Crippen LogP contribution in [0, 0.1) is 0 Å². The number of nitrogens with one attached hydrogen (secondary N) is 1. The number of rotatable bonds is 6. The molecule has 0 saturated carbocycles. The van der Waals surface area contributed by atoms with Gasteiger partial charge in [0.05, 0.1) is 6.42 Å². The van der Waals surface area contributed by atoms with Crippen molar-refractivity contribution in [1.29, 1.82) is 0 Å². The van der Waals surface area contributed by atoms with Gasteiger partial charge in [-0.15, -0.1) is 0 Å². The summed E-state index contributed by atoms with van der Waals surface area (Å²) < 4.78 is 5.15. The summed E-state index contributed by atoms with van der Waals surface area (Å²) in [5, 5.41) is 2.78. The van der Waals surface area contributed by atoms with E-state index < -0.39 is 6.04 Å².